The van der Waals surface area contributed by atoms with Crippen molar-refractivity contribution in [2.24, 2.45) is 0 Å². The maximum absolute atomic E-state index is 8.82. The Hall–Kier alpha value is -1.29. The highest BCUT2D eigenvalue weighted by Crippen LogP contribution is 2.32. The van der Waals surface area contributed by atoms with Crippen LogP contribution in [-0.2, 0) is 0 Å². The maximum atomic E-state index is 8.82. The van der Waals surface area contributed by atoms with E-state index in [0.717, 1.165) is 11.8 Å². The standard InChI is InChI=1S/C7H6ClN3O/c8-6-5-4(2-12)1-9-7(5)11-3-10-6/h2-3,12H,1H2,(H,9,10,11)/b4-2-. The number of fused-ring (bicyclic) bond motifs is 1. The minimum atomic E-state index is 0.366. The number of aromatic nitrogens is 2. The number of rotatable bonds is 0. The lowest BCUT2D eigenvalue weighted by Gasteiger charge is -1.97. The molecule has 2 rings (SSSR count). The SMILES string of the molecule is O/C=C1/CNc2ncnc(Cl)c21. The molecule has 0 saturated carbocycles. The second kappa shape index (κ2) is 2.64. The normalized spacial score (nSPS) is 17.6. The van der Waals surface area contributed by atoms with E-state index in [0.29, 0.717) is 23.1 Å². The zero-order valence-corrected chi connectivity index (χ0v) is 6.84. The predicted octanol–water partition coefficient (Wildman–Crippen LogP) is 1.45. The van der Waals surface area contributed by atoms with E-state index in [9.17, 15) is 0 Å². The zero-order chi connectivity index (χ0) is 8.55. The van der Waals surface area contributed by atoms with Crippen molar-refractivity contribution in [3.05, 3.63) is 23.3 Å². The van der Waals surface area contributed by atoms with Crippen molar-refractivity contribution >= 4 is 23.0 Å². The largest absolute Gasteiger partial charge is 0.515 e. The minimum Gasteiger partial charge on any atom is -0.515 e. The third kappa shape index (κ3) is 0.921. The van der Waals surface area contributed by atoms with Gasteiger partial charge in [0.1, 0.15) is 17.3 Å². The van der Waals surface area contributed by atoms with E-state index in [-0.39, 0.29) is 0 Å². The quantitative estimate of drug-likeness (QED) is 0.472. The van der Waals surface area contributed by atoms with Crippen LogP contribution in [0.5, 0.6) is 0 Å². The first kappa shape index (κ1) is 7.36. The summed E-state index contributed by atoms with van der Waals surface area (Å²) >= 11 is 5.80. The Morgan fingerprint density at radius 3 is 3.17 bits per heavy atom. The molecule has 0 bridgehead atoms. The summed E-state index contributed by atoms with van der Waals surface area (Å²) in [5, 5.41) is 12.2. The second-order valence-electron chi connectivity index (χ2n) is 2.40. The zero-order valence-electron chi connectivity index (χ0n) is 6.08. The summed E-state index contributed by atoms with van der Waals surface area (Å²) < 4.78 is 0. The van der Waals surface area contributed by atoms with Crippen molar-refractivity contribution in [2.75, 3.05) is 11.9 Å². The highest BCUT2D eigenvalue weighted by atomic mass is 35.5. The number of hydrogen-bond donors (Lipinski definition) is 2. The molecule has 1 aromatic heterocycles. The summed E-state index contributed by atoms with van der Waals surface area (Å²) in [6.07, 6.45) is 2.41. The molecule has 0 aliphatic carbocycles. The molecule has 4 nitrogen and oxygen atoms in total. The molecule has 12 heavy (non-hydrogen) atoms. The van der Waals surface area contributed by atoms with Gasteiger partial charge >= 0.3 is 0 Å². The van der Waals surface area contributed by atoms with Gasteiger partial charge in [-0.15, -0.1) is 0 Å². The van der Waals surface area contributed by atoms with Crippen molar-refractivity contribution in [1.29, 1.82) is 0 Å². The Morgan fingerprint density at radius 1 is 1.58 bits per heavy atom. The van der Waals surface area contributed by atoms with E-state index >= 15 is 0 Å². The van der Waals surface area contributed by atoms with Crippen molar-refractivity contribution in [3.63, 3.8) is 0 Å². The van der Waals surface area contributed by atoms with Gasteiger partial charge < -0.3 is 10.4 Å². The Balaban J connectivity index is 2.63. The highest BCUT2D eigenvalue weighted by Gasteiger charge is 2.20. The van der Waals surface area contributed by atoms with Crippen LogP contribution >= 0.6 is 11.6 Å². The Morgan fingerprint density at radius 2 is 2.42 bits per heavy atom. The lowest BCUT2D eigenvalue weighted by molar-refractivity contribution is 0.475. The molecule has 5 heteroatoms. The van der Waals surface area contributed by atoms with Crippen molar-refractivity contribution in [2.45, 2.75) is 0 Å². The molecule has 0 fully saturated rings. The summed E-state index contributed by atoms with van der Waals surface area (Å²) in [7, 11) is 0. The van der Waals surface area contributed by atoms with Gasteiger partial charge in [-0.05, 0) is 0 Å². The molecular formula is C7H6ClN3O. The summed E-state index contributed by atoms with van der Waals surface area (Å²) in [4.78, 5) is 7.77. The average Bonchev–Trinajstić information content (AvgIpc) is 2.49. The average molecular weight is 184 g/mol. The van der Waals surface area contributed by atoms with Gasteiger partial charge in [0, 0.05) is 12.1 Å². The molecule has 2 heterocycles. The molecular weight excluding hydrogens is 178 g/mol. The van der Waals surface area contributed by atoms with Crippen molar-refractivity contribution < 1.29 is 5.11 Å². The number of nitrogens with zero attached hydrogens (tertiary/aromatic N) is 2. The first-order valence-corrected chi connectivity index (χ1v) is 3.78. The van der Waals surface area contributed by atoms with Crippen LogP contribution in [0.15, 0.2) is 12.6 Å². The topological polar surface area (TPSA) is 58.0 Å². The summed E-state index contributed by atoms with van der Waals surface area (Å²) in [6, 6.07) is 0. The van der Waals surface area contributed by atoms with Gasteiger partial charge in [-0.1, -0.05) is 11.6 Å². The van der Waals surface area contributed by atoms with Crippen molar-refractivity contribution in [3.8, 4) is 0 Å². The van der Waals surface area contributed by atoms with E-state index in [1.807, 2.05) is 0 Å². The van der Waals surface area contributed by atoms with Gasteiger partial charge in [0.15, 0.2) is 0 Å². The molecule has 1 aromatic rings. The molecule has 0 aromatic carbocycles. The third-order valence-corrected chi connectivity index (χ3v) is 2.01. The third-order valence-electron chi connectivity index (χ3n) is 1.72. The Bertz CT molecular complexity index is 351. The first-order valence-electron chi connectivity index (χ1n) is 3.41. The molecule has 1 aliphatic rings. The molecule has 2 N–H and O–H groups in total. The van der Waals surface area contributed by atoms with Crippen LogP contribution in [0.3, 0.4) is 0 Å². The van der Waals surface area contributed by atoms with Gasteiger partial charge in [-0.2, -0.15) is 0 Å². The number of anilines is 1. The Labute approximate surface area is 73.9 Å². The van der Waals surface area contributed by atoms with E-state index < -0.39 is 0 Å². The fraction of sp³-hybridized carbons (Fsp3) is 0.143. The van der Waals surface area contributed by atoms with Crippen LogP contribution in [0, 0.1) is 0 Å². The molecule has 0 atom stereocenters. The lowest BCUT2D eigenvalue weighted by atomic mass is 10.2. The number of aliphatic hydroxyl groups excluding tert-OH is 1. The van der Waals surface area contributed by atoms with Crippen LogP contribution in [-0.4, -0.2) is 21.6 Å². The molecule has 0 saturated heterocycles. The first-order chi connectivity index (χ1) is 5.83. The number of halogens is 1. The van der Waals surface area contributed by atoms with E-state index in [1.54, 1.807) is 0 Å². The predicted molar refractivity (Wildman–Crippen MR) is 46.1 cm³/mol. The smallest absolute Gasteiger partial charge is 0.142 e. The van der Waals surface area contributed by atoms with E-state index in [4.69, 9.17) is 16.7 Å². The summed E-state index contributed by atoms with van der Waals surface area (Å²) in [5.74, 6) is 0.676. The van der Waals surface area contributed by atoms with Crippen LogP contribution in [0.4, 0.5) is 5.82 Å². The number of nitrogens with one attached hydrogen (secondary N) is 1. The highest BCUT2D eigenvalue weighted by molar-refractivity contribution is 6.31. The molecule has 1 aliphatic heterocycles. The monoisotopic (exact) mass is 183 g/mol. The van der Waals surface area contributed by atoms with Crippen LogP contribution < -0.4 is 5.32 Å². The van der Waals surface area contributed by atoms with Gasteiger partial charge in [0.05, 0.1) is 11.8 Å². The van der Waals surface area contributed by atoms with Crippen LogP contribution in [0.2, 0.25) is 5.15 Å². The van der Waals surface area contributed by atoms with Crippen molar-refractivity contribution in [1.82, 2.24) is 9.97 Å². The minimum absolute atomic E-state index is 0.366. The Kier molecular flexibility index (Phi) is 1.62. The number of hydrogen-bond acceptors (Lipinski definition) is 4. The van der Waals surface area contributed by atoms with Crippen LogP contribution in [0.25, 0.3) is 5.57 Å². The molecule has 0 radical (unpaired) electrons. The summed E-state index contributed by atoms with van der Waals surface area (Å²) in [5.41, 5.74) is 1.41. The van der Waals surface area contributed by atoms with Crippen LogP contribution in [0.1, 0.15) is 5.56 Å². The van der Waals surface area contributed by atoms with E-state index in [1.165, 1.54) is 6.33 Å². The van der Waals surface area contributed by atoms with E-state index in [2.05, 4.69) is 15.3 Å². The summed E-state index contributed by atoms with van der Waals surface area (Å²) in [6.45, 7) is 0.546. The number of aliphatic hydroxyl groups is 1. The second-order valence-corrected chi connectivity index (χ2v) is 2.75. The lowest BCUT2D eigenvalue weighted by Crippen LogP contribution is -1.92. The van der Waals surface area contributed by atoms with Gasteiger partial charge in [0.25, 0.3) is 0 Å². The van der Waals surface area contributed by atoms with Gasteiger partial charge in [0.2, 0.25) is 0 Å². The van der Waals surface area contributed by atoms with Gasteiger partial charge in [-0.25, -0.2) is 9.97 Å². The fourth-order valence-corrected chi connectivity index (χ4v) is 1.41. The van der Waals surface area contributed by atoms with Gasteiger partial charge in [-0.3, -0.25) is 0 Å². The molecule has 62 valence electrons. The maximum Gasteiger partial charge on any atom is 0.142 e. The molecule has 0 unspecified atom stereocenters. The molecule has 0 spiro atoms. The molecule has 0 amide bonds. The fourth-order valence-electron chi connectivity index (χ4n) is 1.16.